The van der Waals surface area contributed by atoms with E-state index in [4.69, 9.17) is 14.2 Å². The Kier molecular flexibility index (Phi) is 6.46. The Bertz CT molecular complexity index is 1100. The van der Waals surface area contributed by atoms with Crippen LogP contribution in [0.25, 0.3) is 0 Å². The van der Waals surface area contributed by atoms with Crippen LogP contribution in [0.3, 0.4) is 0 Å². The molecule has 9 nitrogen and oxygen atoms in total. The first kappa shape index (κ1) is 22.4. The van der Waals surface area contributed by atoms with Gasteiger partial charge < -0.3 is 24.2 Å². The summed E-state index contributed by atoms with van der Waals surface area (Å²) < 4.78 is 16.6. The van der Waals surface area contributed by atoms with Crippen LogP contribution < -0.4 is 9.47 Å². The van der Waals surface area contributed by atoms with Crippen molar-refractivity contribution in [1.82, 2.24) is 14.8 Å². The largest absolute Gasteiger partial charge is 0.503 e. The van der Waals surface area contributed by atoms with Crippen LogP contribution in [-0.4, -0.2) is 84.2 Å². The highest BCUT2D eigenvalue weighted by Gasteiger charge is 2.43. The first-order valence-electron chi connectivity index (χ1n) is 11.5. The molecule has 3 aliphatic heterocycles. The Morgan fingerprint density at radius 3 is 2.50 bits per heavy atom. The highest BCUT2D eigenvalue weighted by molar-refractivity contribution is 6.16. The molecule has 5 rings (SSSR count). The Hall–Kier alpha value is -3.43. The van der Waals surface area contributed by atoms with Gasteiger partial charge in [0, 0.05) is 44.1 Å². The number of hydrogen-bond donors (Lipinski definition) is 1. The lowest BCUT2D eigenvalue weighted by Crippen LogP contribution is -2.39. The lowest BCUT2D eigenvalue weighted by Gasteiger charge is -2.30. The van der Waals surface area contributed by atoms with E-state index in [1.54, 1.807) is 47.6 Å². The van der Waals surface area contributed by atoms with Gasteiger partial charge in [0.1, 0.15) is 13.2 Å². The molecule has 1 aromatic heterocycles. The molecule has 34 heavy (non-hydrogen) atoms. The van der Waals surface area contributed by atoms with Crippen molar-refractivity contribution < 1.29 is 28.9 Å². The number of carbonyl (C=O) groups is 2. The SMILES string of the molecule is O=C(C1=C(O)C(=O)N(CCCN2CCOCC2)C1c1ccncc1)c1ccc2c(c1)OCCO2. The maximum Gasteiger partial charge on any atom is 0.290 e. The average Bonchev–Trinajstić information content (AvgIpc) is 3.14. The van der Waals surface area contributed by atoms with Gasteiger partial charge in [-0.05, 0) is 42.3 Å². The number of hydrogen-bond acceptors (Lipinski definition) is 8. The summed E-state index contributed by atoms with van der Waals surface area (Å²) in [5.41, 5.74) is 1.12. The van der Waals surface area contributed by atoms with E-state index in [0.29, 0.717) is 56.5 Å². The predicted octanol–water partition coefficient (Wildman–Crippen LogP) is 2.15. The zero-order valence-corrected chi connectivity index (χ0v) is 18.8. The normalized spacial score (nSPS) is 20.6. The first-order chi connectivity index (χ1) is 16.6. The van der Waals surface area contributed by atoms with Crippen LogP contribution in [0.15, 0.2) is 54.1 Å². The van der Waals surface area contributed by atoms with Gasteiger partial charge in [-0.15, -0.1) is 0 Å². The van der Waals surface area contributed by atoms with Crippen LogP contribution >= 0.6 is 0 Å². The van der Waals surface area contributed by atoms with Crippen LogP contribution in [-0.2, 0) is 9.53 Å². The zero-order valence-electron chi connectivity index (χ0n) is 18.8. The van der Waals surface area contributed by atoms with E-state index in [-0.39, 0.29) is 5.57 Å². The monoisotopic (exact) mass is 465 g/mol. The number of nitrogens with zero attached hydrogens (tertiary/aromatic N) is 3. The summed E-state index contributed by atoms with van der Waals surface area (Å²) in [5.74, 6) is -0.415. The molecule has 0 saturated carbocycles. The third-order valence-corrected chi connectivity index (χ3v) is 6.35. The second kappa shape index (κ2) is 9.82. The number of amides is 1. The Balaban J connectivity index is 1.41. The van der Waals surface area contributed by atoms with Crippen LogP contribution in [0.5, 0.6) is 11.5 Å². The number of Topliss-reactive ketones (excluding diaryl/α,β-unsaturated/α-hetero) is 1. The van der Waals surface area contributed by atoms with Crippen LogP contribution in [0.2, 0.25) is 0 Å². The minimum absolute atomic E-state index is 0.0688. The molecule has 0 radical (unpaired) electrons. The molecule has 0 aliphatic carbocycles. The number of pyridine rings is 1. The van der Waals surface area contributed by atoms with Gasteiger partial charge >= 0.3 is 0 Å². The van der Waals surface area contributed by atoms with Crippen LogP contribution in [0.1, 0.15) is 28.4 Å². The van der Waals surface area contributed by atoms with Gasteiger partial charge in [0.15, 0.2) is 23.0 Å². The van der Waals surface area contributed by atoms with Crippen molar-refractivity contribution in [1.29, 1.82) is 0 Å². The Labute approximate surface area is 197 Å². The number of fused-ring (bicyclic) bond motifs is 1. The lowest BCUT2D eigenvalue weighted by atomic mass is 9.93. The van der Waals surface area contributed by atoms with E-state index >= 15 is 0 Å². The summed E-state index contributed by atoms with van der Waals surface area (Å²) in [6.07, 6.45) is 3.95. The number of rotatable bonds is 7. The molecule has 1 unspecified atom stereocenters. The molecule has 1 fully saturated rings. The first-order valence-corrected chi connectivity index (χ1v) is 11.5. The van der Waals surface area contributed by atoms with E-state index in [1.165, 1.54) is 0 Å². The van der Waals surface area contributed by atoms with Crippen molar-refractivity contribution in [2.24, 2.45) is 0 Å². The summed E-state index contributed by atoms with van der Waals surface area (Å²) in [7, 11) is 0. The van der Waals surface area contributed by atoms with Crippen LogP contribution in [0, 0.1) is 0 Å². The number of benzene rings is 1. The number of carbonyl (C=O) groups excluding carboxylic acids is 2. The molecular formula is C25H27N3O6. The van der Waals surface area contributed by atoms with Gasteiger partial charge in [0.05, 0.1) is 24.8 Å². The fraction of sp³-hybridized carbons (Fsp3) is 0.400. The van der Waals surface area contributed by atoms with Gasteiger partial charge in [-0.25, -0.2) is 0 Å². The van der Waals surface area contributed by atoms with Gasteiger partial charge in [-0.2, -0.15) is 0 Å². The van der Waals surface area contributed by atoms with Crippen molar-refractivity contribution in [3.05, 3.63) is 65.2 Å². The van der Waals surface area contributed by atoms with E-state index in [9.17, 15) is 14.7 Å². The average molecular weight is 466 g/mol. The van der Waals surface area contributed by atoms with Gasteiger partial charge in [0.2, 0.25) is 0 Å². The van der Waals surface area contributed by atoms with Crippen molar-refractivity contribution in [2.45, 2.75) is 12.5 Å². The molecule has 0 bridgehead atoms. The highest BCUT2D eigenvalue weighted by atomic mass is 16.6. The fourth-order valence-electron chi connectivity index (χ4n) is 4.64. The third-order valence-electron chi connectivity index (χ3n) is 6.35. The number of aromatic nitrogens is 1. The number of ether oxygens (including phenoxy) is 3. The molecule has 1 aromatic carbocycles. The van der Waals surface area contributed by atoms with Crippen molar-refractivity contribution in [2.75, 3.05) is 52.6 Å². The topological polar surface area (TPSA) is 101 Å². The summed E-state index contributed by atoms with van der Waals surface area (Å²) in [5, 5.41) is 10.8. The van der Waals surface area contributed by atoms with Gasteiger partial charge in [-0.3, -0.25) is 19.5 Å². The smallest absolute Gasteiger partial charge is 0.290 e. The molecule has 9 heteroatoms. The number of aliphatic hydroxyl groups is 1. The zero-order chi connectivity index (χ0) is 23.5. The molecule has 0 spiro atoms. The van der Waals surface area contributed by atoms with Crippen molar-refractivity contribution in [3.8, 4) is 11.5 Å². The lowest BCUT2D eigenvalue weighted by molar-refractivity contribution is -0.129. The molecule has 1 N–H and O–H groups in total. The summed E-state index contributed by atoms with van der Waals surface area (Å²) in [6.45, 7) is 5.20. The summed E-state index contributed by atoms with van der Waals surface area (Å²) >= 11 is 0. The third kappa shape index (κ3) is 4.36. The molecule has 4 heterocycles. The Morgan fingerprint density at radius 2 is 1.74 bits per heavy atom. The number of morpholine rings is 1. The minimum atomic E-state index is -0.694. The second-order valence-electron chi connectivity index (χ2n) is 8.44. The van der Waals surface area contributed by atoms with Gasteiger partial charge in [0.25, 0.3) is 5.91 Å². The van der Waals surface area contributed by atoms with E-state index < -0.39 is 23.5 Å². The summed E-state index contributed by atoms with van der Waals surface area (Å²) in [4.78, 5) is 34.7. The fourth-order valence-corrected chi connectivity index (χ4v) is 4.64. The van der Waals surface area contributed by atoms with Crippen LogP contribution in [0.4, 0.5) is 0 Å². The molecular weight excluding hydrogens is 438 g/mol. The van der Waals surface area contributed by atoms with E-state index in [2.05, 4.69) is 9.88 Å². The van der Waals surface area contributed by atoms with Crippen molar-refractivity contribution in [3.63, 3.8) is 0 Å². The maximum atomic E-state index is 13.6. The quantitative estimate of drug-likeness (QED) is 0.621. The van der Waals surface area contributed by atoms with E-state index in [1.807, 2.05) is 0 Å². The highest BCUT2D eigenvalue weighted by Crippen LogP contribution is 2.40. The van der Waals surface area contributed by atoms with Crippen molar-refractivity contribution >= 4 is 11.7 Å². The molecule has 2 aromatic rings. The summed E-state index contributed by atoms with van der Waals surface area (Å²) in [6, 6.07) is 7.75. The van der Waals surface area contributed by atoms with Gasteiger partial charge in [-0.1, -0.05) is 0 Å². The molecule has 1 saturated heterocycles. The Morgan fingerprint density at radius 1 is 1.00 bits per heavy atom. The molecule has 178 valence electrons. The maximum absolute atomic E-state index is 13.6. The van der Waals surface area contributed by atoms with E-state index in [0.717, 1.165) is 25.2 Å². The molecule has 1 atom stereocenters. The number of aliphatic hydroxyl groups excluding tert-OH is 1. The standard InChI is InChI=1S/C25H27N3O6/c29-23(18-2-3-19-20(16-18)34-15-14-33-19)21-22(17-4-6-26-7-5-17)28(25(31)24(21)30)9-1-8-27-10-12-32-13-11-27/h2-7,16,22,30H,1,8-15H2. The molecule has 3 aliphatic rings. The molecule has 1 amide bonds. The number of ketones is 1. The second-order valence-corrected chi connectivity index (χ2v) is 8.44. The minimum Gasteiger partial charge on any atom is -0.503 e. The predicted molar refractivity (Wildman–Crippen MR) is 122 cm³/mol.